The number of carbonyl (C=O) groups is 1. The van der Waals surface area contributed by atoms with Gasteiger partial charge in [0.15, 0.2) is 0 Å². The second-order valence-corrected chi connectivity index (χ2v) is 24.9. The van der Waals surface area contributed by atoms with Gasteiger partial charge in [-0.05, 0) is 145 Å². The first-order valence-electron chi connectivity index (χ1n) is 31.3. The number of nitrogens with zero attached hydrogens (tertiary/aromatic N) is 3. The van der Waals surface area contributed by atoms with Crippen molar-refractivity contribution in [1.82, 2.24) is 4.57 Å². The molecule has 0 bridgehead atoms. The van der Waals surface area contributed by atoms with Crippen LogP contribution < -0.4 is 14.4 Å². The van der Waals surface area contributed by atoms with Crippen molar-refractivity contribution in [3.63, 3.8) is 0 Å². The number of rotatable bonds is 34. The van der Waals surface area contributed by atoms with Crippen molar-refractivity contribution in [2.45, 2.75) is 188 Å². The van der Waals surface area contributed by atoms with E-state index >= 15 is 0 Å². The molecule has 3 heterocycles. The predicted octanol–water partition coefficient (Wildman–Crippen LogP) is 22.4. The number of hydrogen-bond acceptors (Lipinski definition) is 7. The maximum Gasteiger partial charge on any atom is 0.346 e. The number of fused-ring (bicyclic) bond motifs is 6. The van der Waals surface area contributed by atoms with Gasteiger partial charge in [0, 0.05) is 75.9 Å². The van der Waals surface area contributed by atoms with Gasteiger partial charge < -0.3 is 24.0 Å². The minimum Gasteiger partial charge on any atom is -0.494 e. The number of carboxylic acids is 1. The molecule has 0 atom stereocenters. The molecule has 1 aliphatic rings. The molecule has 0 saturated carbocycles. The van der Waals surface area contributed by atoms with E-state index in [4.69, 9.17) is 9.47 Å². The number of anilines is 3. The van der Waals surface area contributed by atoms with Crippen LogP contribution in [0.2, 0.25) is 0 Å². The van der Waals surface area contributed by atoms with E-state index < -0.39 is 5.97 Å². The molecule has 0 aliphatic heterocycles. The molecular formula is C73H87N3O4S2. The lowest BCUT2D eigenvalue weighted by Crippen LogP contribution is -2.25. The van der Waals surface area contributed by atoms with Crippen molar-refractivity contribution in [3.8, 4) is 48.9 Å². The van der Waals surface area contributed by atoms with Crippen LogP contribution in [0.4, 0.5) is 17.1 Å². The van der Waals surface area contributed by atoms with Gasteiger partial charge in [-0.2, -0.15) is 5.26 Å². The van der Waals surface area contributed by atoms with E-state index in [-0.39, 0.29) is 11.0 Å². The Hall–Kier alpha value is -6.60. The van der Waals surface area contributed by atoms with Crippen molar-refractivity contribution in [2.75, 3.05) is 18.1 Å². The highest BCUT2D eigenvalue weighted by Crippen LogP contribution is 2.61. The van der Waals surface area contributed by atoms with Crippen LogP contribution in [0.25, 0.3) is 59.2 Å². The first-order valence-corrected chi connectivity index (χ1v) is 32.9. The molecule has 1 aliphatic carbocycles. The number of ether oxygens (including phenoxy) is 2. The van der Waals surface area contributed by atoms with Gasteiger partial charge in [-0.25, -0.2) is 4.79 Å². The Kier molecular flexibility index (Phi) is 21.6. The summed E-state index contributed by atoms with van der Waals surface area (Å²) in [6.45, 7) is 13.7. The zero-order chi connectivity index (χ0) is 57.3. The van der Waals surface area contributed by atoms with Gasteiger partial charge in [-0.1, -0.05) is 180 Å². The molecule has 8 aromatic rings. The maximum atomic E-state index is 12.1. The zero-order valence-electron chi connectivity index (χ0n) is 49.6. The van der Waals surface area contributed by atoms with E-state index in [9.17, 15) is 15.2 Å². The van der Waals surface area contributed by atoms with E-state index in [1.165, 1.54) is 149 Å². The summed E-state index contributed by atoms with van der Waals surface area (Å²) in [6, 6.07) is 47.1. The second kappa shape index (κ2) is 29.6. The number of nitriles is 1. The van der Waals surface area contributed by atoms with Gasteiger partial charge in [-0.15, -0.1) is 22.7 Å². The Morgan fingerprint density at radius 3 is 1.74 bits per heavy atom. The third-order valence-corrected chi connectivity index (χ3v) is 19.3. The largest absolute Gasteiger partial charge is 0.494 e. The molecule has 7 nitrogen and oxygen atoms in total. The number of aliphatic carboxylic acids is 1. The van der Waals surface area contributed by atoms with E-state index in [2.05, 4.69) is 165 Å². The van der Waals surface area contributed by atoms with Gasteiger partial charge >= 0.3 is 5.97 Å². The van der Waals surface area contributed by atoms with Crippen LogP contribution in [0.1, 0.15) is 192 Å². The van der Waals surface area contributed by atoms with Crippen LogP contribution in [-0.4, -0.2) is 28.9 Å². The van der Waals surface area contributed by atoms with Crippen LogP contribution >= 0.6 is 22.7 Å². The quantitative estimate of drug-likeness (QED) is 0.0246. The number of thiophene rings is 2. The van der Waals surface area contributed by atoms with Crippen molar-refractivity contribution in [3.05, 3.63) is 143 Å². The molecule has 9 heteroatoms. The summed E-state index contributed by atoms with van der Waals surface area (Å²) >= 11 is 3.50. The van der Waals surface area contributed by atoms with E-state index in [1.807, 2.05) is 17.4 Å². The van der Waals surface area contributed by atoms with Crippen LogP contribution in [0.15, 0.2) is 127 Å². The van der Waals surface area contributed by atoms with Gasteiger partial charge in [0.25, 0.3) is 0 Å². The fraction of sp³-hybridized carbons (Fsp3) is 0.425. The summed E-state index contributed by atoms with van der Waals surface area (Å²) in [5, 5.41) is 22.1. The lowest BCUT2D eigenvalue weighted by atomic mass is 9.71. The fourth-order valence-electron chi connectivity index (χ4n) is 12.4. The Labute approximate surface area is 497 Å². The normalized spacial score (nSPS) is 12.7. The summed E-state index contributed by atoms with van der Waals surface area (Å²) in [6.07, 6.45) is 27.2. The standard InChI is InChI=1S/C73H87N3O4S2/c1-6-11-16-23-42-73(43-24-17-12-7-2)64-50-60(47-55(52-74)72(77)78)81-70(64)71-65(73)51-69(82-71)53-30-33-56(34-31-53)76(57-35-38-59(39-36-57)79-45-26-19-14-9-4)58-37-41-67-63(49-58)62-48-54(32-40-66(62)75(67)44-25-18-13-8-3)61-28-21-22-29-68(61)80-46-27-20-15-10-5/h21-22,28-41,47-51H,6-20,23-27,42-46H2,1-5H3,(H,77,78)/b55-47+. The van der Waals surface area contributed by atoms with Gasteiger partial charge in [-0.3, -0.25) is 0 Å². The maximum absolute atomic E-state index is 12.1. The summed E-state index contributed by atoms with van der Waals surface area (Å²) in [5.41, 5.74) is 11.5. The molecule has 0 saturated heterocycles. The zero-order valence-corrected chi connectivity index (χ0v) is 51.3. The Morgan fingerprint density at radius 2 is 1.11 bits per heavy atom. The average Bonchev–Trinajstić information content (AvgIpc) is 4.43. The number of carboxylic acid groups (broad SMARTS) is 1. The molecule has 430 valence electrons. The molecule has 82 heavy (non-hydrogen) atoms. The number of benzene rings is 5. The molecule has 0 unspecified atom stereocenters. The number of unbranched alkanes of at least 4 members (excludes halogenated alkanes) is 15. The number of para-hydroxylation sites is 1. The van der Waals surface area contributed by atoms with Crippen molar-refractivity contribution in [1.29, 1.82) is 5.26 Å². The van der Waals surface area contributed by atoms with Crippen LogP contribution in [-0.2, 0) is 16.8 Å². The number of aryl methyl sites for hydroxylation is 1. The highest BCUT2D eigenvalue weighted by Gasteiger charge is 2.45. The van der Waals surface area contributed by atoms with E-state index in [1.54, 1.807) is 17.4 Å². The third-order valence-electron chi connectivity index (χ3n) is 16.8. The van der Waals surface area contributed by atoms with Gasteiger partial charge in [0.2, 0.25) is 0 Å². The Morgan fingerprint density at radius 1 is 0.573 bits per heavy atom. The SMILES string of the molecule is CCCCCCOc1ccc(N(c2ccc(-c3cc4c(s3)-c3sc(/C=C(\C#N)C(=O)O)cc3C4(CCCCCC)CCCCCC)cc2)c2ccc3c(c2)c2cc(-c4ccccc4OCCCCCC)ccc2n3CCCCCC)cc1. The molecular weight excluding hydrogens is 1050 g/mol. The van der Waals surface area contributed by atoms with Gasteiger partial charge in [0.05, 0.1) is 13.2 Å². The Balaban J connectivity index is 1.13. The smallest absolute Gasteiger partial charge is 0.346 e. The minimum absolute atomic E-state index is 0.162. The molecule has 0 spiro atoms. The van der Waals surface area contributed by atoms with Crippen LogP contribution in [0.3, 0.4) is 0 Å². The topological polar surface area (TPSA) is 87.7 Å². The monoisotopic (exact) mass is 1130 g/mol. The summed E-state index contributed by atoms with van der Waals surface area (Å²) in [4.78, 5) is 19.1. The molecule has 3 aromatic heterocycles. The first-order chi connectivity index (χ1) is 40.2. The second-order valence-electron chi connectivity index (χ2n) is 22.8. The molecule has 0 fully saturated rings. The van der Waals surface area contributed by atoms with Crippen molar-refractivity contribution < 1.29 is 19.4 Å². The van der Waals surface area contributed by atoms with Crippen LogP contribution in [0, 0.1) is 11.3 Å². The summed E-state index contributed by atoms with van der Waals surface area (Å²) in [5.74, 6) is 0.637. The molecule has 9 rings (SSSR count). The predicted molar refractivity (Wildman–Crippen MR) is 349 cm³/mol. The van der Waals surface area contributed by atoms with E-state index in [0.717, 1.165) is 103 Å². The molecule has 1 N–H and O–H groups in total. The summed E-state index contributed by atoms with van der Waals surface area (Å²) < 4.78 is 15.4. The molecule has 0 amide bonds. The van der Waals surface area contributed by atoms with Crippen molar-refractivity contribution in [2.24, 2.45) is 0 Å². The average molecular weight is 1130 g/mol. The lowest BCUT2D eigenvalue weighted by molar-refractivity contribution is -0.132. The third kappa shape index (κ3) is 13.9. The fourth-order valence-corrected chi connectivity index (χ4v) is 15.0. The highest BCUT2D eigenvalue weighted by atomic mass is 32.1. The van der Waals surface area contributed by atoms with Crippen molar-refractivity contribution >= 4 is 73.6 Å². The first kappa shape index (κ1) is 60.0. The van der Waals surface area contributed by atoms with E-state index in [0.29, 0.717) is 6.61 Å². The summed E-state index contributed by atoms with van der Waals surface area (Å²) in [7, 11) is 0. The highest BCUT2D eigenvalue weighted by molar-refractivity contribution is 7.24. The Bertz CT molecular complexity index is 3410. The minimum atomic E-state index is -1.19. The number of hydrogen-bond donors (Lipinski definition) is 1. The molecule has 5 aromatic carbocycles. The van der Waals surface area contributed by atoms with Gasteiger partial charge in [0.1, 0.15) is 23.1 Å². The van der Waals surface area contributed by atoms with Crippen LogP contribution in [0.5, 0.6) is 11.5 Å². The lowest BCUT2D eigenvalue weighted by Gasteiger charge is -2.31. The number of aromatic nitrogens is 1. The molecule has 0 radical (unpaired) electrons.